The topological polar surface area (TPSA) is 333 Å². The van der Waals surface area contributed by atoms with Crippen LogP contribution in [0.3, 0.4) is 0 Å². The molecule has 0 aliphatic carbocycles. The van der Waals surface area contributed by atoms with E-state index in [0.717, 1.165) is 102 Å². The van der Waals surface area contributed by atoms with Gasteiger partial charge in [0.25, 0.3) is 10.1 Å². The Labute approximate surface area is 718 Å². The lowest BCUT2D eigenvalue weighted by atomic mass is 10.2. The summed E-state index contributed by atoms with van der Waals surface area (Å²) in [5.41, 5.74) is 14.0. The lowest BCUT2D eigenvalue weighted by Gasteiger charge is -2.20. The first-order valence-corrected chi connectivity index (χ1v) is 39.8. The van der Waals surface area contributed by atoms with Gasteiger partial charge in [0.15, 0.2) is 6.29 Å². The number of carbonyl (C=O) groups is 6. The van der Waals surface area contributed by atoms with Crippen molar-refractivity contribution in [3.63, 3.8) is 0 Å². The minimum atomic E-state index is -3.55. The van der Waals surface area contributed by atoms with Gasteiger partial charge in [-0.1, -0.05) is 44.6 Å². The van der Waals surface area contributed by atoms with Crippen molar-refractivity contribution in [3.05, 3.63) is 175 Å². The molecule has 652 valence electrons. The van der Waals surface area contributed by atoms with Gasteiger partial charge in [0.2, 0.25) is 0 Å². The highest BCUT2D eigenvalue weighted by Gasteiger charge is 2.28. The van der Waals surface area contributed by atoms with Crippen LogP contribution in [0, 0.1) is 41.5 Å². The Kier molecular flexibility index (Phi) is 37.7. The van der Waals surface area contributed by atoms with Gasteiger partial charge < -0.3 is 33.8 Å². The molecule has 0 radical (unpaired) electrons. The second-order valence-corrected chi connectivity index (χ2v) is 35.7. The molecule has 12 aromatic heterocycles. The Morgan fingerprint density at radius 1 is 0.420 bits per heavy atom. The first kappa shape index (κ1) is 105. The van der Waals surface area contributed by atoms with Gasteiger partial charge in [-0.15, -0.1) is 0 Å². The van der Waals surface area contributed by atoms with Crippen molar-refractivity contribution in [2.45, 2.75) is 251 Å². The number of aldehydes is 1. The summed E-state index contributed by atoms with van der Waals surface area (Å²) in [5.74, 6) is 0. The third kappa shape index (κ3) is 29.7. The number of aromatic amines is 1. The lowest BCUT2D eigenvalue weighted by Crippen LogP contribution is -2.27. The maximum absolute atomic E-state index is 12.5. The Morgan fingerprint density at radius 2 is 0.714 bits per heavy atom. The van der Waals surface area contributed by atoms with Crippen LogP contribution in [-0.4, -0.2) is 160 Å². The van der Waals surface area contributed by atoms with Gasteiger partial charge in [-0.05, 0) is 293 Å². The van der Waals surface area contributed by atoms with Gasteiger partial charge in [-0.2, -0.15) is 8.42 Å². The summed E-state index contributed by atoms with van der Waals surface area (Å²) in [6.07, 6.45) is 12.1. The number of carbonyl (C=O) groups excluding carboxylic acids is 6. The Morgan fingerprint density at radius 3 is 1.06 bits per heavy atom. The average Bonchev–Trinajstić information content (AvgIpc) is 1.66. The van der Waals surface area contributed by atoms with Crippen LogP contribution in [0.25, 0.3) is 66.2 Å². The minimum Gasteiger partial charge on any atom is -0.443 e. The number of H-pyrrole nitrogens is 1. The van der Waals surface area contributed by atoms with E-state index >= 15 is 0 Å². The number of rotatable bonds is 7. The fraction of sp³-hybridized carbons (Fsp3) is 0.455. The molecule has 1 fully saturated rings. The van der Waals surface area contributed by atoms with Crippen LogP contribution in [0.4, 0.5) is 24.0 Å². The zero-order chi connectivity index (χ0) is 83.8. The molecule has 1 aliphatic heterocycles. The van der Waals surface area contributed by atoms with Gasteiger partial charge in [-0.3, -0.25) is 43.8 Å². The number of halogens is 2. The van der Waals surface area contributed by atoms with Crippen LogP contribution < -0.4 is 0 Å². The Balaban J connectivity index is 0.000000484. The molecule has 28 nitrogen and oxygen atoms in total. The molecule has 0 spiro atoms. The third-order valence-electron chi connectivity index (χ3n) is 16.2. The molecule has 13 rings (SSSR count). The number of likely N-dealkylation sites (tertiary alicyclic amines) is 1. The maximum Gasteiger partial charge on any atom is 0.419 e. The second kappa shape index (κ2) is 42.8. The van der Waals surface area contributed by atoms with Crippen LogP contribution in [0.2, 0.25) is 0 Å². The summed E-state index contributed by atoms with van der Waals surface area (Å²) in [6, 6.07) is 22.2. The van der Waals surface area contributed by atoms with Gasteiger partial charge >= 0.3 is 30.5 Å². The molecule has 0 bridgehead atoms. The number of nitrogens with one attached hydrogen (secondary N) is 1. The predicted octanol–water partition coefficient (Wildman–Crippen LogP) is 22.2. The number of fused-ring (bicyclic) bond motifs is 6. The molecular weight excluding hydrogens is 1670 g/mol. The first-order valence-electron chi connectivity index (χ1n) is 36.4. The molecule has 1 aliphatic rings. The van der Waals surface area contributed by atoms with Crippen LogP contribution in [-0.2, 0) is 57.7 Å². The van der Waals surface area contributed by atoms with E-state index in [4.69, 9.17) is 33.0 Å². The van der Waals surface area contributed by atoms with E-state index in [2.05, 4.69) is 77.7 Å². The summed E-state index contributed by atoms with van der Waals surface area (Å²) in [4.78, 5) is 104. The standard InChI is InChI=1S/C18H25N3O2.C15H20N2O5S.C14H18N2O3.C14H16N2O3.C13H15BrN2O2.C8H7BrN2.6CH4/c1-13-9-15-16(21(13)17(22)23-18(2,3)4)10-14(11-19-15)12-20-7-5-6-8-20;1-10-6-12-13(17(10)14(18)22-15(2,3)4)7-11(8-16-12)9-21-23(5,19)20;2*1-9-5-11-12(6-10(8-17)7-15-11)16(9)13(18)19-14(2,3)4;1-8-5-10-11(6-9(14)7-15-10)16(8)12(17)18-13(2,3)4;1-5-2-7-8(11-5)3-6(9)4-10-7;;;;;;/h9-11H,5-8,12H2,1-4H3;6-8H,9H2,1-5H3;5-7,17H,8H2,1-4H3;5-8H,1-4H3;5-7H,1-4H3;2-4,11H,1H3;6*1H4. The predicted molar refractivity (Wildman–Crippen MR) is 483 cm³/mol. The number of aryl methyl sites for hydroxylation is 6. The average molecular weight is 1800 g/mol. The third-order valence-corrected chi connectivity index (χ3v) is 17.6. The van der Waals surface area contributed by atoms with Crippen molar-refractivity contribution in [3.8, 4) is 0 Å². The number of aliphatic hydroxyl groups excluding tert-OH is 1. The van der Waals surface area contributed by atoms with Crippen molar-refractivity contribution in [1.29, 1.82) is 0 Å². The fourth-order valence-electron chi connectivity index (χ4n) is 11.7. The number of nitrogens with zero attached hydrogens (tertiary/aromatic N) is 12. The molecule has 2 N–H and O–H groups in total. The molecule has 0 unspecified atom stereocenters. The van der Waals surface area contributed by atoms with Crippen LogP contribution in [0.1, 0.15) is 222 Å². The highest BCUT2D eigenvalue weighted by Crippen LogP contribution is 2.29. The monoisotopic (exact) mass is 1790 g/mol. The van der Waals surface area contributed by atoms with E-state index in [1.54, 1.807) is 113 Å². The molecular formula is C88H125Br2N13O15S. The van der Waals surface area contributed by atoms with Gasteiger partial charge in [-0.25, -0.2) is 46.8 Å². The summed E-state index contributed by atoms with van der Waals surface area (Å²) < 4.78 is 63.3. The zero-order valence-corrected chi connectivity index (χ0v) is 72.1. The highest BCUT2D eigenvalue weighted by molar-refractivity contribution is 9.10. The molecule has 0 saturated carbocycles. The van der Waals surface area contributed by atoms with E-state index in [1.165, 1.54) is 38.9 Å². The van der Waals surface area contributed by atoms with Crippen LogP contribution in [0.15, 0.2) is 119 Å². The van der Waals surface area contributed by atoms with Crippen molar-refractivity contribution in [2.75, 3.05) is 19.3 Å². The first-order chi connectivity index (χ1) is 52.5. The molecule has 119 heavy (non-hydrogen) atoms. The summed E-state index contributed by atoms with van der Waals surface area (Å²) in [5, 5.41) is 9.15. The Bertz CT molecular complexity index is 5620. The lowest BCUT2D eigenvalue weighted by molar-refractivity contribution is 0.0530. The molecule has 0 aromatic carbocycles. The SMILES string of the molecule is C.C.C.C.C.C.Cc1cc2ncc(Br)cc2[nH]1.Cc1cc2ncc(Br)cc2n1C(=O)OC(C)(C)C.Cc1cc2ncc(C=O)cc2n1C(=O)OC(C)(C)C.Cc1cc2ncc(CN3CCCC3)cc2n1C(=O)OC(C)(C)C.Cc1cc2ncc(CO)cc2n1C(=O)OC(C)(C)C.Cc1cc2ncc(COS(C)(=O)=O)cc2n1C(=O)OC(C)(C)C. The van der Waals surface area contributed by atoms with Crippen molar-refractivity contribution in [2.24, 2.45) is 0 Å². The normalized spacial score (nSPS) is 12.1. The molecule has 12 aromatic rings. The summed E-state index contributed by atoms with van der Waals surface area (Å²) in [7, 11) is -3.55. The number of hydrogen-bond donors (Lipinski definition) is 2. The van der Waals surface area contributed by atoms with E-state index < -0.39 is 56.4 Å². The molecule has 13 heterocycles. The van der Waals surface area contributed by atoms with Crippen molar-refractivity contribution in [1.82, 2.24) is 62.6 Å². The van der Waals surface area contributed by atoms with Crippen molar-refractivity contribution >= 4 is 145 Å². The van der Waals surface area contributed by atoms with Gasteiger partial charge in [0, 0.05) is 92.4 Å². The number of hydrogen-bond acceptors (Lipinski definition) is 22. The van der Waals surface area contributed by atoms with Crippen LogP contribution >= 0.6 is 31.9 Å². The number of aromatic nitrogens is 12. The number of aliphatic hydroxyl groups is 1. The summed E-state index contributed by atoms with van der Waals surface area (Å²) in [6.45, 7) is 41.5. The molecule has 31 heteroatoms. The molecule has 0 atom stereocenters. The fourth-order valence-corrected chi connectivity index (χ4v) is 12.7. The second-order valence-electron chi connectivity index (χ2n) is 32.2. The Hall–Kier alpha value is -10.1. The van der Waals surface area contributed by atoms with Crippen LogP contribution in [0.5, 0.6) is 0 Å². The quantitative estimate of drug-likeness (QED) is 0.0850. The number of ether oxygens (including phenoxy) is 5. The van der Waals surface area contributed by atoms with Crippen molar-refractivity contribution < 1.29 is 70.2 Å². The van der Waals surface area contributed by atoms with E-state index in [0.29, 0.717) is 61.8 Å². The van der Waals surface area contributed by atoms with E-state index in [-0.39, 0.29) is 70.0 Å². The maximum atomic E-state index is 12.5. The van der Waals surface area contributed by atoms with Gasteiger partial charge in [0.05, 0.1) is 85.7 Å². The van der Waals surface area contributed by atoms with Gasteiger partial charge in [0.1, 0.15) is 28.0 Å². The minimum absolute atomic E-state index is 0. The number of pyridine rings is 6. The molecule has 1 saturated heterocycles. The highest BCUT2D eigenvalue weighted by atomic mass is 79.9. The smallest absolute Gasteiger partial charge is 0.419 e. The summed E-state index contributed by atoms with van der Waals surface area (Å²) >= 11 is 6.72. The van der Waals surface area contributed by atoms with E-state index in [1.807, 2.05) is 133 Å². The largest absolute Gasteiger partial charge is 0.443 e. The zero-order valence-electron chi connectivity index (χ0n) is 68.1. The molecule has 0 amide bonds. The van der Waals surface area contributed by atoms with E-state index in [9.17, 15) is 37.2 Å².